The van der Waals surface area contributed by atoms with Crippen molar-refractivity contribution >= 4 is 5.97 Å². The number of esters is 1. The average Bonchev–Trinajstić information content (AvgIpc) is 2.30. The van der Waals surface area contributed by atoms with Crippen molar-refractivity contribution in [1.82, 2.24) is 0 Å². The van der Waals surface area contributed by atoms with Gasteiger partial charge in [-0.2, -0.15) is 0 Å². The average molecular weight is 247 g/mol. The summed E-state index contributed by atoms with van der Waals surface area (Å²) in [5.74, 6) is 0.508. The van der Waals surface area contributed by atoms with E-state index in [1.54, 1.807) is 0 Å². The predicted molar refractivity (Wildman–Crippen MR) is 74.4 cm³/mol. The zero-order valence-electron chi connectivity index (χ0n) is 11.7. The number of carbonyl (C=O) groups is 1. The first-order valence-corrected chi connectivity index (χ1v) is 6.54. The van der Waals surface area contributed by atoms with Crippen molar-refractivity contribution in [3.8, 4) is 5.75 Å². The monoisotopic (exact) mass is 247 g/mol. The minimum absolute atomic E-state index is 0.188. The number of para-hydroxylation sites is 1. The maximum Gasteiger partial charge on any atom is 0.316 e. The Labute approximate surface area is 110 Å². The fourth-order valence-corrected chi connectivity index (χ4v) is 1.56. The Morgan fingerprint density at radius 3 is 2.50 bits per heavy atom. The van der Waals surface area contributed by atoms with Crippen molar-refractivity contribution in [3.05, 3.63) is 36.8 Å². The molecule has 0 saturated carbocycles. The Bertz CT molecular complexity index is 388. The maximum atomic E-state index is 11.9. The van der Waals surface area contributed by atoms with E-state index >= 15 is 0 Å². The second kappa shape index (κ2) is 6.58. The second-order valence-electron chi connectivity index (χ2n) is 5.56. The Hall–Kier alpha value is -1.31. The molecular weight excluding hydrogens is 224 g/mol. The molecule has 0 aliphatic rings. The van der Waals surface area contributed by atoms with Gasteiger partial charge in [-0.05, 0) is 45.2 Å². The van der Waals surface area contributed by atoms with Gasteiger partial charge in [0.05, 0.1) is 5.41 Å². The maximum absolute atomic E-state index is 11.9. The molecule has 2 nitrogen and oxygen atoms in total. The van der Waals surface area contributed by atoms with Crippen LogP contribution in [0.1, 0.15) is 45.6 Å². The van der Waals surface area contributed by atoms with Crippen molar-refractivity contribution in [3.63, 3.8) is 0 Å². The standard InChI is InChI=1S/C16H23O2/c1-5-6-7-10-13-11-8-9-12-14(13)18-15(17)16(2,3)4/h8-9,11-12H,1,5-7,10H2,2-4H3. The highest BCUT2D eigenvalue weighted by molar-refractivity contribution is 5.78. The Morgan fingerprint density at radius 2 is 1.89 bits per heavy atom. The fraction of sp³-hybridized carbons (Fsp3) is 0.500. The molecule has 0 aliphatic carbocycles. The molecule has 0 aromatic heterocycles. The van der Waals surface area contributed by atoms with E-state index in [0.717, 1.165) is 31.2 Å². The van der Waals surface area contributed by atoms with Gasteiger partial charge in [0, 0.05) is 0 Å². The van der Waals surface area contributed by atoms with Crippen LogP contribution in [0.25, 0.3) is 0 Å². The van der Waals surface area contributed by atoms with E-state index in [9.17, 15) is 4.79 Å². The van der Waals surface area contributed by atoms with E-state index in [2.05, 4.69) is 6.92 Å². The number of aryl methyl sites for hydroxylation is 1. The predicted octanol–water partition coefficient (Wildman–Crippen LogP) is 4.18. The molecule has 1 radical (unpaired) electrons. The van der Waals surface area contributed by atoms with Gasteiger partial charge >= 0.3 is 5.97 Å². The van der Waals surface area contributed by atoms with Crippen molar-refractivity contribution in [2.45, 2.75) is 46.5 Å². The van der Waals surface area contributed by atoms with E-state index in [4.69, 9.17) is 4.74 Å². The van der Waals surface area contributed by atoms with E-state index in [1.807, 2.05) is 45.0 Å². The molecule has 1 aromatic rings. The molecule has 0 spiro atoms. The van der Waals surface area contributed by atoms with Crippen molar-refractivity contribution in [2.75, 3.05) is 0 Å². The van der Waals surface area contributed by atoms with Gasteiger partial charge in [0.2, 0.25) is 0 Å². The van der Waals surface area contributed by atoms with E-state index in [0.29, 0.717) is 5.75 Å². The van der Waals surface area contributed by atoms with Crippen LogP contribution in [0.5, 0.6) is 5.75 Å². The van der Waals surface area contributed by atoms with Crippen LogP contribution in [0.2, 0.25) is 0 Å². The smallest absolute Gasteiger partial charge is 0.316 e. The lowest BCUT2D eigenvalue weighted by molar-refractivity contribution is -0.143. The van der Waals surface area contributed by atoms with Crippen LogP contribution in [-0.2, 0) is 11.2 Å². The molecule has 0 heterocycles. The van der Waals surface area contributed by atoms with Gasteiger partial charge in [-0.15, -0.1) is 0 Å². The summed E-state index contributed by atoms with van der Waals surface area (Å²) in [7, 11) is 0. The highest BCUT2D eigenvalue weighted by Gasteiger charge is 2.24. The third-order valence-electron chi connectivity index (χ3n) is 2.73. The minimum Gasteiger partial charge on any atom is -0.426 e. The molecule has 0 bridgehead atoms. The van der Waals surface area contributed by atoms with Gasteiger partial charge in [0.25, 0.3) is 0 Å². The summed E-state index contributed by atoms with van der Waals surface area (Å²) in [4.78, 5) is 11.9. The SMILES string of the molecule is [CH2]CCCCc1ccccc1OC(=O)C(C)(C)C. The Morgan fingerprint density at radius 1 is 1.22 bits per heavy atom. The topological polar surface area (TPSA) is 26.3 Å². The highest BCUT2D eigenvalue weighted by atomic mass is 16.5. The zero-order chi connectivity index (χ0) is 13.6. The van der Waals surface area contributed by atoms with Gasteiger partial charge in [-0.3, -0.25) is 4.79 Å². The molecule has 99 valence electrons. The van der Waals surface area contributed by atoms with E-state index in [-0.39, 0.29) is 5.97 Å². The van der Waals surface area contributed by atoms with Crippen LogP contribution >= 0.6 is 0 Å². The van der Waals surface area contributed by atoms with Crippen LogP contribution < -0.4 is 4.74 Å². The normalized spacial score (nSPS) is 11.3. The van der Waals surface area contributed by atoms with Gasteiger partial charge in [0.1, 0.15) is 5.75 Å². The summed E-state index contributed by atoms with van der Waals surface area (Å²) in [5.41, 5.74) is 0.629. The van der Waals surface area contributed by atoms with Gasteiger partial charge in [-0.1, -0.05) is 38.0 Å². The van der Waals surface area contributed by atoms with Gasteiger partial charge in [-0.25, -0.2) is 0 Å². The van der Waals surface area contributed by atoms with E-state index in [1.165, 1.54) is 0 Å². The molecule has 0 unspecified atom stereocenters. The fourth-order valence-electron chi connectivity index (χ4n) is 1.56. The third kappa shape index (κ3) is 4.52. The van der Waals surface area contributed by atoms with Crippen LogP contribution in [-0.4, -0.2) is 5.97 Å². The number of ether oxygens (including phenoxy) is 1. The number of hydrogen-bond donors (Lipinski definition) is 0. The number of unbranched alkanes of at least 4 members (excludes halogenated alkanes) is 2. The molecule has 18 heavy (non-hydrogen) atoms. The lowest BCUT2D eigenvalue weighted by Crippen LogP contribution is -2.25. The van der Waals surface area contributed by atoms with E-state index < -0.39 is 5.41 Å². The van der Waals surface area contributed by atoms with Crippen LogP contribution in [0.15, 0.2) is 24.3 Å². The molecule has 2 heteroatoms. The molecule has 0 amide bonds. The van der Waals surface area contributed by atoms with Gasteiger partial charge < -0.3 is 4.74 Å². The third-order valence-corrected chi connectivity index (χ3v) is 2.73. The number of rotatable bonds is 5. The molecule has 0 atom stereocenters. The van der Waals surface area contributed by atoms with Crippen molar-refractivity contribution in [2.24, 2.45) is 5.41 Å². The minimum atomic E-state index is -0.472. The Kier molecular flexibility index (Phi) is 5.39. The summed E-state index contributed by atoms with van der Waals surface area (Å²) in [5, 5.41) is 0. The van der Waals surface area contributed by atoms with Crippen molar-refractivity contribution < 1.29 is 9.53 Å². The molecule has 0 saturated heterocycles. The largest absolute Gasteiger partial charge is 0.426 e. The van der Waals surface area contributed by atoms with Crippen LogP contribution in [0.3, 0.4) is 0 Å². The summed E-state index contributed by atoms with van der Waals surface area (Å²) >= 11 is 0. The summed E-state index contributed by atoms with van der Waals surface area (Å²) in [6.07, 6.45) is 4.06. The number of benzene rings is 1. The van der Waals surface area contributed by atoms with Crippen molar-refractivity contribution in [1.29, 1.82) is 0 Å². The van der Waals surface area contributed by atoms with Crippen LogP contribution in [0, 0.1) is 12.3 Å². The lowest BCUT2D eigenvalue weighted by atomic mass is 9.97. The zero-order valence-corrected chi connectivity index (χ0v) is 11.7. The Balaban J connectivity index is 2.73. The van der Waals surface area contributed by atoms with Crippen LogP contribution in [0.4, 0.5) is 0 Å². The quantitative estimate of drug-likeness (QED) is 0.443. The second-order valence-corrected chi connectivity index (χ2v) is 5.56. The molecule has 0 aliphatic heterocycles. The molecule has 0 fully saturated rings. The summed E-state index contributed by atoms with van der Waals surface area (Å²) in [6, 6.07) is 7.77. The first kappa shape index (κ1) is 14.7. The summed E-state index contributed by atoms with van der Waals surface area (Å²) in [6.45, 7) is 9.42. The first-order chi connectivity index (χ1) is 8.45. The molecule has 1 aromatic carbocycles. The molecule has 0 N–H and O–H groups in total. The summed E-state index contributed by atoms with van der Waals surface area (Å²) < 4.78 is 5.49. The molecule has 1 rings (SSSR count). The molecular formula is C16H23O2. The lowest BCUT2D eigenvalue weighted by Gasteiger charge is -2.18. The number of carbonyl (C=O) groups excluding carboxylic acids is 1. The van der Waals surface area contributed by atoms with Gasteiger partial charge in [0.15, 0.2) is 0 Å². The number of hydrogen-bond acceptors (Lipinski definition) is 2. The highest BCUT2D eigenvalue weighted by Crippen LogP contribution is 2.24. The first-order valence-electron chi connectivity index (χ1n) is 6.54.